The molecule has 0 aliphatic rings. The second kappa shape index (κ2) is 11.0. The van der Waals surface area contributed by atoms with Crippen LogP contribution in [0.4, 0.5) is 0 Å². The van der Waals surface area contributed by atoms with E-state index in [1.165, 1.54) is 0 Å². The highest BCUT2D eigenvalue weighted by atomic mass is 16.4. The fraction of sp³-hybridized carbons (Fsp3) is 0.818. The second-order valence-corrected chi connectivity index (χ2v) is 3.33. The summed E-state index contributed by atoms with van der Waals surface area (Å²) in [6.07, 6.45) is 3.94. The Balaban J connectivity index is 0. The molecule has 0 aromatic carbocycles. The summed E-state index contributed by atoms with van der Waals surface area (Å²) in [5, 5.41) is 16.3. The minimum Gasteiger partial charge on any atom is -0.481 e. The molecular weight excluding hydrogens is 196 g/mol. The smallest absolute Gasteiger partial charge is 0.306 e. The minimum atomic E-state index is -0.745. The molecule has 0 fully saturated rings. The van der Waals surface area contributed by atoms with Crippen LogP contribution in [0.2, 0.25) is 0 Å². The van der Waals surface area contributed by atoms with Crippen molar-refractivity contribution in [3.63, 3.8) is 0 Å². The lowest BCUT2D eigenvalue weighted by Crippen LogP contribution is -2.11. The van der Waals surface area contributed by atoms with Gasteiger partial charge in [0, 0.05) is 6.42 Å². The van der Waals surface area contributed by atoms with Crippen LogP contribution in [0.15, 0.2) is 0 Å². The Morgan fingerprint density at radius 1 is 1.13 bits per heavy atom. The molecule has 4 heteroatoms. The molecule has 4 nitrogen and oxygen atoms in total. The van der Waals surface area contributed by atoms with Crippen molar-refractivity contribution in [1.29, 1.82) is 0 Å². The Bertz CT molecular complexity index is 177. The summed E-state index contributed by atoms with van der Waals surface area (Å²) in [5.74, 6) is -1.50. The fourth-order valence-electron chi connectivity index (χ4n) is 0.953. The molecular formula is C11H22O4. The summed E-state index contributed by atoms with van der Waals surface area (Å²) in [6.45, 7) is 5.60. The molecule has 0 aromatic rings. The van der Waals surface area contributed by atoms with E-state index in [1.807, 2.05) is 6.92 Å². The summed E-state index contributed by atoms with van der Waals surface area (Å²) >= 11 is 0. The van der Waals surface area contributed by atoms with Gasteiger partial charge in [0.15, 0.2) is 0 Å². The number of hydrogen-bond acceptors (Lipinski definition) is 2. The zero-order valence-electron chi connectivity index (χ0n) is 9.82. The van der Waals surface area contributed by atoms with Gasteiger partial charge in [-0.1, -0.05) is 33.6 Å². The van der Waals surface area contributed by atoms with Crippen LogP contribution in [-0.4, -0.2) is 22.2 Å². The van der Waals surface area contributed by atoms with E-state index >= 15 is 0 Å². The number of hydrogen-bond donors (Lipinski definition) is 2. The van der Waals surface area contributed by atoms with Crippen molar-refractivity contribution in [3.8, 4) is 0 Å². The van der Waals surface area contributed by atoms with Gasteiger partial charge in [0.1, 0.15) is 0 Å². The van der Waals surface area contributed by atoms with E-state index in [9.17, 15) is 9.59 Å². The normalized spacial score (nSPS) is 11.1. The predicted octanol–water partition coefficient (Wildman–Crippen LogP) is 2.77. The molecule has 1 unspecified atom stereocenters. The summed E-state index contributed by atoms with van der Waals surface area (Å²) in [6, 6.07) is 0. The standard InChI is InChI=1S/C8H16O2.C3H6O2/c1-3-5-6-7(4-2)8(9)10;1-2-3(4)5/h7H,3-6H2,1-2H3,(H,9,10);2H2,1H3,(H,4,5). The molecule has 2 N–H and O–H groups in total. The molecule has 0 heterocycles. The number of rotatable bonds is 6. The van der Waals surface area contributed by atoms with Crippen LogP contribution in [0.3, 0.4) is 0 Å². The molecule has 90 valence electrons. The Hall–Kier alpha value is -1.06. The van der Waals surface area contributed by atoms with Gasteiger partial charge in [-0.25, -0.2) is 0 Å². The van der Waals surface area contributed by atoms with E-state index in [0.29, 0.717) is 0 Å². The van der Waals surface area contributed by atoms with E-state index < -0.39 is 11.9 Å². The van der Waals surface area contributed by atoms with Crippen LogP contribution in [0, 0.1) is 5.92 Å². The number of unbranched alkanes of at least 4 members (excludes halogenated alkanes) is 1. The number of carboxylic acid groups (broad SMARTS) is 2. The van der Waals surface area contributed by atoms with Crippen molar-refractivity contribution in [3.05, 3.63) is 0 Å². The largest absolute Gasteiger partial charge is 0.481 e. The van der Waals surface area contributed by atoms with E-state index in [-0.39, 0.29) is 12.3 Å². The Morgan fingerprint density at radius 3 is 1.80 bits per heavy atom. The Morgan fingerprint density at radius 2 is 1.60 bits per heavy atom. The van der Waals surface area contributed by atoms with Gasteiger partial charge in [0.05, 0.1) is 5.92 Å². The Labute approximate surface area is 91.3 Å². The number of aliphatic carboxylic acids is 2. The van der Waals surface area contributed by atoms with Gasteiger partial charge >= 0.3 is 11.9 Å². The average molecular weight is 218 g/mol. The van der Waals surface area contributed by atoms with Gasteiger partial charge in [0.25, 0.3) is 0 Å². The zero-order chi connectivity index (χ0) is 12.3. The van der Waals surface area contributed by atoms with Crippen molar-refractivity contribution in [2.75, 3.05) is 0 Å². The van der Waals surface area contributed by atoms with E-state index in [0.717, 1.165) is 25.7 Å². The molecule has 0 rings (SSSR count). The molecule has 0 aliphatic heterocycles. The van der Waals surface area contributed by atoms with Crippen LogP contribution in [0.25, 0.3) is 0 Å². The molecule has 0 radical (unpaired) electrons. The molecule has 15 heavy (non-hydrogen) atoms. The lowest BCUT2D eigenvalue weighted by Gasteiger charge is -2.06. The van der Waals surface area contributed by atoms with E-state index in [1.54, 1.807) is 6.92 Å². The summed E-state index contributed by atoms with van der Waals surface area (Å²) in [4.78, 5) is 19.8. The molecule has 0 spiro atoms. The van der Waals surface area contributed by atoms with Crippen LogP contribution in [0.1, 0.15) is 52.9 Å². The minimum absolute atomic E-state index is 0.111. The van der Waals surface area contributed by atoms with Crippen molar-refractivity contribution in [2.24, 2.45) is 5.92 Å². The summed E-state index contributed by atoms with van der Waals surface area (Å²) in [5.41, 5.74) is 0. The molecule has 1 atom stereocenters. The molecule has 0 aromatic heterocycles. The SMILES string of the molecule is CCC(=O)O.CCCCC(CC)C(=O)O. The van der Waals surface area contributed by atoms with Crippen LogP contribution < -0.4 is 0 Å². The first-order chi connectivity index (χ1) is 6.99. The van der Waals surface area contributed by atoms with Gasteiger partial charge < -0.3 is 10.2 Å². The van der Waals surface area contributed by atoms with Crippen molar-refractivity contribution in [1.82, 2.24) is 0 Å². The first-order valence-electron chi connectivity index (χ1n) is 5.44. The number of carbonyl (C=O) groups is 2. The molecule has 0 aliphatic carbocycles. The third-order valence-electron chi connectivity index (χ3n) is 2.05. The maximum absolute atomic E-state index is 10.4. The van der Waals surface area contributed by atoms with Gasteiger partial charge in [-0.3, -0.25) is 9.59 Å². The van der Waals surface area contributed by atoms with Gasteiger partial charge in [0.2, 0.25) is 0 Å². The molecule has 0 bridgehead atoms. The highest BCUT2D eigenvalue weighted by molar-refractivity contribution is 5.69. The van der Waals surface area contributed by atoms with Crippen LogP contribution in [-0.2, 0) is 9.59 Å². The van der Waals surface area contributed by atoms with Crippen molar-refractivity contribution < 1.29 is 19.8 Å². The van der Waals surface area contributed by atoms with Gasteiger partial charge in [-0.15, -0.1) is 0 Å². The molecule has 0 saturated heterocycles. The lowest BCUT2D eigenvalue weighted by molar-refractivity contribution is -0.142. The fourth-order valence-corrected chi connectivity index (χ4v) is 0.953. The molecule has 0 amide bonds. The van der Waals surface area contributed by atoms with Crippen molar-refractivity contribution >= 4 is 11.9 Å². The summed E-state index contributed by atoms with van der Waals surface area (Å²) in [7, 11) is 0. The monoisotopic (exact) mass is 218 g/mol. The maximum Gasteiger partial charge on any atom is 0.306 e. The Kier molecular flexibility index (Phi) is 12.0. The quantitative estimate of drug-likeness (QED) is 0.718. The van der Waals surface area contributed by atoms with Crippen LogP contribution >= 0.6 is 0 Å². The van der Waals surface area contributed by atoms with E-state index in [2.05, 4.69) is 6.92 Å². The van der Waals surface area contributed by atoms with Gasteiger partial charge in [-0.05, 0) is 12.8 Å². The lowest BCUT2D eigenvalue weighted by atomic mass is 10.00. The first kappa shape index (κ1) is 16.4. The number of carboxylic acids is 2. The highest BCUT2D eigenvalue weighted by Gasteiger charge is 2.12. The zero-order valence-corrected chi connectivity index (χ0v) is 9.82. The highest BCUT2D eigenvalue weighted by Crippen LogP contribution is 2.11. The predicted molar refractivity (Wildman–Crippen MR) is 58.9 cm³/mol. The molecule has 0 saturated carbocycles. The first-order valence-corrected chi connectivity index (χ1v) is 5.44. The van der Waals surface area contributed by atoms with E-state index in [4.69, 9.17) is 10.2 Å². The summed E-state index contributed by atoms with van der Waals surface area (Å²) < 4.78 is 0. The average Bonchev–Trinajstić information content (AvgIpc) is 2.19. The van der Waals surface area contributed by atoms with Crippen molar-refractivity contribution in [2.45, 2.75) is 52.9 Å². The van der Waals surface area contributed by atoms with Crippen LogP contribution in [0.5, 0.6) is 0 Å². The topological polar surface area (TPSA) is 74.6 Å². The third-order valence-corrected chi connectivity index (χ3v) is 2.05. The second-order valence-electron chi connectivity index (χ2n) is 3.33. The third kappa shape index (κ3) is 12.9. The van der Waals surface area contributed by atoms with Gasteiger partial charge in [-0.2, -0.15) is 0 Å². The maximum atomic E-state index is 10.4.